The van der Waals surface area contributed by atoms with Crippen LogP contribution in [0.25, 0.3) is 11.3 Å². The largest absolute Gasteiger partial charge is 0.498 e. The molecule has 1 unspecified atom stereocenters. The van der Waals surface area contributed by atoms with Gasteiger partial charge in [-0.15, -0.1) is 0 Å². The van der Waals surface area contributed by atoms with Crippen LogP contribution >= 0.6 is 0 Å². The van der Waals surface area contributed by atoms with E-state index < -0.39 is 0 Å². The van der Waals surface area contributed by atoms with Crippen molar-refractivity contribution in [1.29, 1.82) is 0 Å². The van der Waals surface area contributed by atoms with Crippen molar-refractivity contribution >= 4 is 5.82 Å². The number of hydrogen-bond acceptors (Lipinski definition) is 5. The maximum atomic E-state index is 5.89. The van der Waals surface area contributed by atoms with Crippen LogP contribution < -0.4 is 5.73 Å². The molecule has 0 saturated carbocycles. The van der Waals surface area contributed by atoms with Crippen LogP contribution in [-0.4, -0.2) is 16.2 Å². The van der Waals surface area contributed by atoms with Crippen LogP contribution in [0, 0.1) is 0 Å². The van der Waals surface area contributed by atoms with E-state index in [1.165, 1.54) is 11.1 Å². The molecule has 26 heavy (non-hydrogen) atoms. The van der Waals surface area contributed by atoms with Gasteiger partial charge in [0.25, 0.3) is 0 Å². The van der Waals surface area contributed by atoms with Gasteiger partial charge in [-0.25, -0.2) is 4.98 Å². The van der Waals surface area contributed by atoms with Crippen molar-refractivity contribution in [2.45, 2.75) is 31.8 Å². The number of anilines is 1. The summed E-state index contributed by atoms with van der Waals surface area (Å²) in [5.74, 6) is 1.09. The second-order valence-electron chi connectivity index (χ2n) is 6.52. The Morgan fingerprint density at radius 1 is 1.12 bits per heavy atom. The second-order valence-corrected chi connectivity index (χ2v) is 6.52. The van der Waals surface area contributed by atoms with Gasteiger partial charge in [-0.3, -0.25) is 0 Å². The van der Waals surface area contributed by atoms with Crippen LogP contribution in [0.4, 0.5) is 5.82 Å². The maximum absolute atomic E-state index is 5.89. The summed E-state index contributed by atoms with van der Waals surface area (Å²) in [6, 6.07) is 14.3. The van der Waals surface area contributed by atoms with E-state index in [2.05, 4.69) is 40.5 Å². The lowest BCUT2D eigenvalue weighted by atomic mass is 10.0. The van der Waals surface area contributed by atoms with Gasteiger partial charge < -0.3 is 15.0 Å². The van der Waals surface area contributed by atoms with E-state index in [4.69, 9.17) is 15.0 Å². The average molecular weight is 347 g/mol. The summed E-state index contributed by atoms with van der Waals surface area (Å²) < 4.78 is 10.9. The number of rotatable bonds is 6. The molecule has 0 radical (unpaired) electrons. The number of hydrogen-bond donors (Lipinski definition) is 1. The predicted molar refractivity (Wildman–Crippen MR) is 100 cm³/mol. The van der Waals surface area contributed by atoms with Gasteiger partial charge in [0.2, 0.25) is 0 Å². The summed E-state index contributed by atoms with van der Waals surface area (Å²) in [4.78, 5) is 4.08. The third-order valence-electron chi connectivity index (χ3n) is 4.59. The Hall–Kier alpha value is -3.08. The molecule has 1 aromatic carbocycles. The summed E-state index contributed by atoms with van der Waals surface area (Å²) in [6.07, 6.45) is 9.70. The van der Waals surface area contributed by atoms with Gasteiger partial charge in [0, 0.05) is 25.1 Å². The van der Waals surface area contributed by atoms with Crippen LogP contribution in [0.5, 0.6) is 0 Å². The third kappa shape index (κ3) is 3.77. The number of nitrogen functional groups attached to an aromatic ring is 1. The summed E-state index contributed by atoms with van der Waals surface area (Å²) in [5.41, 5.74) is 10.1. The minimum absolute atomic E-state index is 0.336. The topological polar surface area (TPSA) is 74.2 Å². The number of nitrogens with zero attached hydrogens (tertiary/aromatic N) is 2. The number of nitrogens with two attached hydrogens (primary N) is 1. The van der Waals surface area contributed by atoms with E-state index in [1.807, 2.05) is 18.2 Å². The normalized spacial score (nSPS) is 15.9. The Bertz CT molecular complexity index is 892. The van der Waals surface area contributed by atoms with Crippen LogP contribution in [0.3, 0.4) is 0 Å². The molecule has 2 N–H and O–H groups in total. The van der Waals surface area contributed by atoms with Crippen molar-refractivity contribution in [3.05, 3.63) is 77.8 Å². The quantitative estimate of drug-likeness (QED) is 0.725. The molecule has 2 aromatic heterocycles. The smallest absolute Gasteiger partial charge is 0.170 e. The Labute approximate surface area is 152 Å². The van der Waals surface area contributed by atoms with Gasteiger partial charge >= 0.3 is 0 Å². The fourth-order valence-electron chi connectivity index (χ4n) is 3.12. The molecule has 0 aliphatic carbocycles. The number of benzene rings is 1. The monoisotopic (exact) mass is 347 g/mol. The lowest BCUT2D eigenvalue weighted by molar-refractivity contribution is 0.161. The van der Waals surface area contributed by atoms with Crippen molar-refractivity contribution in [2.75, 3.05) is 5.73 Å². The molecular weight excluding hydrogens is 326 g/mol. The number of ether oxygens (including phenoxy) is 1. The van der Waals surface area contributed by atoms with Gasteiger partial charge in [-0.1, -0.05) is 29.4 Å². The fourth-order valence-corrected chi connectivity index (χ4v) is 3.12. The van der Waals surface area contributed by atoms with Gasteiger partial charge in [0.05, 0.1) is 17.5 Å². The lowest BCUT2D eigenvalue weighted by Crippen LogP contribution is -2.05. The molecule has 0 saturated heterocycles. The van der Waals surface area contributed by atoms with E-state index in [0.717, 1.165) is 36.9 Å². The zero-order valence-electron chi connectivity index (χ0n) is 14.5. The Morgan fingerprint density at radius 3 is 2.73 bits per heavy atom. The SMILES string of the molecule is Nc1ncccc1-c1cc(Cc2ccc(CCC3CC=CO3)cc2)no1. The molecule has 1 atom stereocenters. The first-order valence-corrected chi connectivity index (χ1v) is 8.82. The predicted octanol–water partition coefficient (Wildman–Crippen LogP) is 4.14. The summed E-state index contributed by atoms with van der Waals surface area (Å²) in [6.45, 7) is 0. The average Bonchev–Trinajstić information content (AvgIpc) is 3.34. The molecule has 1 aliphatic heterocycles. The highest BCUT2D eigenvalue weighted by molar-refractivity contribution is 5.69. The van der Waals surface area contributed by atoms with Crippen molar-refractivity contribution < 1.29 is 9.26 Å². The molecule has 3 aromatic rings. The maximum Gasteiger partial charge on any atom is 0.170 e. The molecule has 3 heterocycles. The van der Waals surface area contributed by atoms with Crippen LogP contribution in [0.15, 0.2) is 65.5 Å². The van der Waals surface area contributed by atoms with Gasteiger partial charge in [-0.2, -0.15) is 0 Å². The molecule has 4 rings (SSSR count). The molecule has 0 spiro atoms. The van der Waals surface area contributed by atoms with Gasteiger partial charge in [-0.05, 0) is 42.2 Å². The van der Waals surface area contributed by atoms with Gasteiger partial charge in [0.15, 0.2) is 5.76 Å². The minimum Gasteiger partial charge on any atom is -0.498 e. The van der Waals surface area contributed by atoms with Crippen LogP contribution in [0.1, 0.15) is 29.7 Å². The zero-order valence-corrected chi connectivity index (χ0v) is 14.5. The number of aryl methyl sites for hydroxylation is 1. The Balaban J connectivity index is 1.37. The van der Waals surface area contributed by atoms with Gasteiger partial charge in [0.1, 0.15) is 11.9 Å². The number of aromatic nitrogens is 2. The first kappa shape index (κ1) is 16.4. The molecule has 5 nitrogen and oxygen atoms in total. The van der Waals surface area contributed by atoms with Crippen molar-refractivity contribution in [1.82, 2.24) is 10.1 Å². The highest BCUT2D eigenvalue weighted by Crippen LogP contribution is 2.25. The van der Waals surface area contributed by atoms with Crippen LogP contribution in [0.2, 0.25) is 0 Å². The van der Waals surface area contributed by atoms with E-state index >= 15 is 0 Å². The van der Waals surface area contributed by atoms with E-state index in [1.54, 1.807) is 12.5 Å². The fraction of sp³-hybridized carbons (Fsp3) is 0.238. The third-order valence-corrected chi connectivity index (χ3v) is 4.59. The Kier molecular flexibility index (Phi) is 4.69. The molecular formula is C21H21N3O2. The highest BCUT2D eigenvalue weighted by atomic mass is 16.5. The summed E-state index contributed by atoms with van der Waals surface area (Å²) >= 11 is 0. The molecule has 0 fully saturated rings. The van der Waals surface area contributed by atoms with E-state index in [0.29, 0.717) is 17.7 Å². The van der Waals surface area contributed by atoms with Crippen molar-refractivity contribution in [3.63, 3.8) is 0 Å². The first-order valence-electron chi connectivity index (χ1n) is 8.82. The molecule has 0 bridgehead atoms. The van der Waals surface area contributed by atoms with Crippen LogP contribution in [-0.2, 0) is 17.6 Å². The number of pyridine rings is 1. The molecule has 0 amide bonds. The standard InChI is InChI=1S/C21H21N3O2/c22-21-19(4-1-11-23-21)20-14-17(24-26-20)13-16-7-5-15(6-8-16)9-10-18-3-2-12-25-18/h1-2,4-8,11-12,14,18H,3,9-10,13H2,(H2,22,23). The summed E-state index contributed by atoms with van der Waals surface area (Å²) in [5, 5.41) is 4.16. The van der Waals surface area contributed by atoms with Crippen molar-refractivity contribution in [2.24, 2.45) is 0 Å². The highest BCUT2D eigenvalue weighted by Gasteiger charge is 2.12. The lowest BCUT2D eigenvalue weighted by Gasteiger charge is -2.10. The molecule has 5 heteroatoms. The molecule has 1 aliphatic rings. The Morgan fingerprint density at radius 2 is 1.96 bits per heavy atom. The summed E-state index contributed by atoms with van der Waals surface area (Å²) in [7, 11) is 0. The van der Waals surface area contributed by atoms with Crippen molar-refractivity contribution in [3.8, 4) is 11.3 Å². The minimum atomic E-state index is 0.336. The van der Waals surface area contributed by atoms with E-state index in [-0.39, 0.29) is 0 Å². The zero-order chi connectivity index (χ0) is 17.8. The van der Waals surface area contributed by atoms with E-state index in [9.17, 15) is 0 Å². The first-order chi connectivity index (χ1) is 12.8. The second kappa shape index (κ2) is 7.44. The molecule has 132 valence electrons.